The van der Waals surface area contributed by atoms with Crippen molar-refractivity contribution in [3.05, 3.63) is 53.1 Å². The maximum absolute atomic E-state index is 11.8. The normalized spacial score (nSPS) is 10.1. The summed E-state index contributed by atoms with van der Waals surface area (Å²) in [6, 6.07) is 12.6. The number of benzene rings is 2. The van der Waals surface area contributed by atoms with Gasteiger partial charge in [0.25, 0.3) is 5.91 Å². The number of rotatable bonds is 8. The van der Waals surface area contributed by atoms with Crippen LogP contribution in [-0.2, 0) is 4.79 Å². The van der Waals surface area contributed by atoms with E-state index >= 15 is 0 Å². The Morgan fingerprint density at radius 3 is 2.58 bits per heavy atom. The molecule has 24 heavy (non-hydrogen) atoms. The molecule has 2 aromatic carbocycles. The summed E-state index contributed by atoms with van der Waals surface area (Å²) in [7, 11) is 1.55. The third kappa shape index (κ3) is 5.35. The van der Waals surface area contributed by atoms with E-state index in [1.54, 1.807) is 25.3 Å². The first-order valence-electron chi connectivity index (χ1n) is 7.51. The van der Waals surface area contributed by atoms with Gasteiger partial charge in [-0.05, 0) is 36.8 Å². The molecule has 0 unspecified atom stereocenters. The number of nitrogens with one attached hydrogen (secondary N) is 1. The zero-order chi connectivity index (χ0) is 17.4. The molecule has 0 fully saturated rings. The largest absolute Gasteiger partial charge is 0.493 e. The second-order valence-electron chi connectivity index (χ2n) is 5.05. The van der Waals surface area contributed by atoms with Crippen molar-refractivity contribution in [2.75, 3.05) is 26.9 Å². The van der Waals surface area contributed by atoms with Crippen molar-refractivity contribution in [3.8, 4) is 17.2 Å². The summed E-state index contributed by atoms with van der Waals surface area (Å²) in [5.41, 5.74) is 0.991. The Kier molecular flexibility index (Phi) is 6.75. The molecule has 0 aliphatic rings. The summed E-state index contributed by atoms with van der Waals surface area (Å²) >= 11 is 6.02. The highest BCUT2D eigenvalue weighted by atomic mass is 35.5. The molecule has 0 bridgehead atoms. The number of methoxy groups -OCH3 is 1. The molecule has 2 aromatic rings. The van der Waals surface area contributed by atoms with Gasteiger partial charge < -0.3 is 19.5 Å². The minimum atomic E-state index is -0.230. The minimum Gasteiger partial charge on any atom is -0.493 e. The van der Waals surface area contributed by atoms with Crippen LogP contribution in [0.15, 0.2) is 42.5 Å². The molecule has 0 saturated heterocycles. The first kappa shape index (κ1) is 17.9. The van der Waals surface area contributed by atoms with E-state index < -0.39 is 0 Å². The summed E-state index contributed by atoms with van der Waals surface area (Å²) in [6.45, 7) is 2.56. The van der Waals surface area contributed by atoms with Gasteiger partial charge in [-0.1, -0.05) is 29.8 Å². The van der Waals surface area contributed by atoms with Crippen molar-refractivity contribution in [1.82, 2.24) is 5.32 Å². The fourth-order valence-electron chi connectivity index (χ4n) is 1.96. The zero-order valence-electron chi connectivity index (χ0n) is 13.7. The van der Waals surface area contributed by atoms with Crippen LogP contribution < -0.4 is 19.5 Å². The first-order valence-corrected chi connectivity index (χ1v) is 7.89. The van der Waals surface area contributed by atoms with Crippen molar-refractivity contribution in [2.24, 2.45) is 0 Å². The Morgan fingerprint density at radius 1 is 1.12 bits per heavy atom. The van der Waals surface area contributed by atoms with Gasteiger partial charge in [-0.2, -0.15) is 0 Å². The summed E-state index contributed by atoms with van der Waals surface area (Å²) in [5, 5.41) is 3.38. The third-order valence-electron chi connectivity index (χ3n) is 3.26. The van der Waals surface area contributed by atoms with Gasteiger partial charge in [0.2, 0.25) is 0 Å². The number of carbonyl (C=O) groups excluding carboxylic acids is 1. The Bertz CT molecular complexity index is 690. The standard InChI is InChI=1S/C18H20ClNO4/c1-13-7-8-14(11-15(13)19)23-10-9-20-18(21)12-24-17-6-4-3-5-16(17)22-2/h3-8,11H,9-10,12H2,1-2H3,(H,20,21). The van der Waals surface area contributed by atoms with E-state index in [1.165, 1.54) is 0 Å². The van der Waals surface area contributed by atoms with Crippen LogP contribution in [0.1, 0.15) is 5.56 Å². The molecule has 0 spiro atoms. The molecule has 0 aliphatic heterocycles. The van der Waals surface area contributed by atoms with Crippen LogP contribution in [0, 0.1) is 6.92 Å². The molecular weight excluding hydrogens is 330 g/mol. The molecule has 0 heterocycles. The van der Waals surface area contributed by atoms with Crippen molar-refractivity contribution in [3.63, 3.8) is 0 Å². The molecule has 2 rings (SSSR count). The molecule has 128 valence electrons. The lowest BCUT2D eigenvalue weighted by atomic mass is 10.2. The molecule has 5 nitrogen and oxygen atoms in total. The number of halogens is 1. The van der Waals surface area contributed by atoms with Gasteiger partial charge in [-0.15, -0.1) is 0 Å². The number of amides is 1. The predicted octanol–water partition coefficient (Wildman–Crippen LogP) is 3.23. The Labute approximate surface area is 146 Å². The van der Waals surface area contributed by atoms with Crippen LogP contribution in [0.2, 0.25) is 5.02 Å². The number of aryl methyl sites for hydroxylation is 1. The van der Waals surface area contributed by atoms with E-state index in [2.05, 4.69) is 5.32 Å². The van der Waals surface area contributed by atoms with Crippen LogP contribution in [-0.4, -0.2) is 32.8 Å². The molecule has 0 radical (unpaired) electrons. The SMILES string of the molecule is COc1ccccc1OCC(=O)NCCOc1ccc(C)c(Cl)c1. The summed E-state index contributed by atoms with van der Waals surface area (Å²) in [4.78, 5) is 11.8. The second-order valence-corrected chi connectivity index (χ2v) is 5.46. The zero-order valence-corrected chi connectivity index (χ0v) is 14.4. The van der Waals surface area contributed by atoms with E-state index in [-0.39, 0.29) is 12.5 Å². The van der Waals surface area contributed by atoms with Gasteiger partial charge >= 0.3 is 0 Å². The number of para-hydroxylation sites is 2. The molecule has 0 aliphatic carbocycles. The quantitative estimate of drug-likeness (QED) is 0.743. The van der Waals surface area contributed by atoms with Crippen molar-refractivity contribution >= 4 is 17.5 Å². The van der Waals surface area contributed by atoms with Crippen LogP contribution in [0.25, 0.3) is 0 Å². The second kappa shape index (κ2) is 9.03. The van der Waals surface area contributed by atoms with E-state index in [0.717, 1.165) is 5.56 Å². The highest BCUT2D eigenvalue weighted by Crippen LogP contribution is 2.25. The molecule has 0 aromatic heterocycles. The van der Waals surface area contributed by atoms with E-state index in [9.17, 15) is 4.79 Å². The van der Waals surface area contributed by atoms with Gasteiger partial charge in [0.05, 0.1) is 13.7 Å². The average Bonchev–Trinajstić information content (AvgIpc) is 2.60. The van der Waals surface area contributed by atoms with Gasteiger partial charge in [-0.25, -0.2) is 0 Å². The highest BCUT2D eigenvalue weighted by Gasteiger charge is 2.06. The molecular formula is C18H20ClNO4. The smallest absolute Gasteiger partial charge is 0.258 e. The van der Waals surface area contributed by atoms with Gasteiger partial charge in [0, 0.05) is 5.02 Å². The molecule has 0 atom stereocenters. The van der Waals surface area contributed by atoms with E-state index in [4.69, 9.17) is 25.8 Å². The van der Waals surface area contributed by atoms with Crippen molar-refractivity contribution < 1.29 is 19.0 Å². The van der Waals surface area contributed by atoms with Crippen LogP contribution in [0.3, 0.4) is 0 Å². The lowest BCUT2D eigenvalue weighted by Gasteiger charge is -2.11. The maximum atomic E-state index is 11.8. The Morgan fingerprint density at radius 2 is 1.88 bits per heavy atom. The van der Waals surface area contributed by atoms with E-state index in [0.29, 0.717) is 35.4 Å². The topological polar surface area (TPSA) is 56.8 Å². The van der Waals surface area contributed by atoms with Crippen LogP contribution in [0.4, 0.5) is 0 Å². The monoisotopic (exact) mass is 349 g/mol. The predicted molar refractivity (Wildman–Crippen MR) is 93.2 cm³/mol. The first-order chi connectivity index (χ1) is 11.6. The average molecular weight is 350 g/mol. The maximum Gasteiger partial charge on any atom is 0.258 e. The Hall–Kier alpha value is -2.40. The molecule has 6 heteroatoms. The third-order valence-corrected chi connectivity index (χ3v) is 3.67. The van der Waals surface area contributed by atoms with Crippen LogP contribution in [0.5, 0.6) is 17.2 Å². The molecule has 0 saturated carbocycles. The number of ether oxygens (including phenoxy) is 3. The fraction of sp³-hybridized carbons (Fsp3) is 0.278. The van der Waals surface area contributed by atoms with E-state index in [1.807, 2.05) is 31.2 Å². The van der Waals surface area contributed by atoms with Gasteiger partial charge in [0.1, 0.15) is 12.4 Å². The number of hydrogen-bond donors (Lipinski definition) is 1. The van der Waals surface area contributed by atoms with Gasteiger partial charge in [0.15, 0.2) is 18.1 Å². The summed E-state index contributed by atoms with van der Waals surface area (Å²) in [6.07, 6.45) is 0. The summed E-state index contributed by atoms with van der Waals surface area (Å²) in [5.74, 6) is 1.56. The van der Waals surface area contributed by atoms with Gasteiger partial charge in [-0.3, -0.25) is 4.79 Å². The highest BCUT2D eigenvalue weighted by molar-refractivity contribution is 6.31. The molecule has 1 N–H and O–H groups in total. The fourth-order valence-corrected chi connectivity index (χ4v) is 2.13. The van der Waals surface area contributed by atoms with Crippen LogP contribution >= 0.6 is 11.6 Å². The van der Waals surface area contributed by atoms with Crippen molar-refractivity contribution in [1.29, 1.82) is 0 Å². The lowest BCUT2D eigenvalue weighted by Crippen LogP contribution is -2.32. The number of hydrogen-bond acceptors (Lipinski definition) is 4. The molecule has 1 amide bonds. The van der Waals surface area contributed by atoms with Crippen molar-refractivity contribution in [2.45, 2.75) is 6.92 Å². The number of carbonyl (C=O) groups is 1. The summed E-state index contributed by atoms with van der Waals surface area (Å²) < 4.78 is 16.1. The Balaban J connectivity index is 1.69. The minimum absolute atomic E-state index is 0.0866. The lowest BCUT2D eigenvalue weighted by molar-refractivity contribution is -0.123.